The van der Waals surface area contributed by atoms with Crippen molar-refractivity contribution in [3.63, 3.8) is 0 Å². The van der Waals surface area contributed by atoms with Crippen molar-refractivity contribution in [2.24, 2.45) is 0 Å². The van der Waals surface area contributed by atoms with E-state index in [9.17, 15) is 8.42 Å². The molecule has 0 atom stereocenters. The number of hydrogen-bond donors (Lipinski definition) is 1. The summed E-state index contributed by atoms with van der Waals surface area (Å²) in [5.74, 6) is 0.383. The Morgan fingerprint density at radius 1 is 1.30 bits per heavy atom. The van der Waals surface area contributed by atoms with E-state index in [2.05, 4.69) is 5.32 Å². The van der Waals surface area contributed by atoms with Crippen molar-refractivity contribution in [2.45, 2.75) is 31.7 Å². The number of rotatable bonds is 8. The first-order chi connectivity index (χ1) is 9.47. The lowest BCUT2D eigenvalue weighted by atomic mass is 10.2. The molecule has 0 unspecified atom stereocenters. The summed E-state index contributed by atoms with van der Waals surface area (Å²) >= 11 is 0. The Labute approximate surface area is 122 Å². The zero-order valence-corrected chi connectivity index (χ0v) is 13.5. The largest absolute Gasteiger partial charge is 0.495 e. The molecule has 5 nitrogen and oxygen atoms in total. The van der Waals surface area contributed by atoms with Crippen LogP contribution in [0.4, 0.5) is 0 Å². The van der Waals surface area contributed by atoms with Gasteiger partial charge in [0.1, 0.15) is 10.6 Å². The van der Waals surface area contributed by atoms with Crippen LogP contribution in [-0.2, 0) is 16.6 Å². The van der Waals surface area contributed by atoms with Gasteiger partial charge in [0.15, 0.2) is 0 Å². The molecule has 6 heteroatoms. The van der Waals surface area contributed by atoms with E-state index < -0.39 is 10.0 Å². The average Bonchev–Trinajstić information content (AvgIpc) is 2.45. The van der Waals surface area contributed by atoms with Crippen LogP contribution in [-0.4, -0.2) is 40.0 Å². The Morgan fingerprint density at radius 3 is 2.55 bits per heavy atom. The number of sulfonamides is 1. The van der Waals surface area contributed by atoms with Crippen molar-refractivity contribution in [3.05, 3.63) is 23.8 Å². The zero-order chi connectivity index (χ0) is 15.2. The monoisotopic (exact) mass is 300 g/mol. The Balaban J connectivity index is 3.19. The molecule has 1 aromatic carbocycles. The molecule has 0 saturated heterocycles. The Hall–Kier alpha value is -1.11. The molecule has 1 rings (SSSR count). The highest BCUT2D eigenvalue weighted by Gasteiger charge is 2.24. The predicted molar refractivity (Wildman–Crippen MR) is 80.5 cm³/mol. The van der Waals surface area contributed by atoms with E-state index in [0.29, 0.717) is 18.8 Å². The fourth-order valence-electron chi connectivity index (χ4n) is 1.90. The van der Waals surface area contributed by atoms with E-state index in [4.69, 9.17) is 4.74 Å². The number of benzene rings is 1. The summed E-state index contributed by atoms with van der Waals surface area (Å²) in [4.78, 5) is 0.228. The maximum absolute atomic E-state index is 12.6. The third-order valence-corrected chi connectivity index (χ3v) is 4.91. The maximum atomic E-state index is 12.6. The van der Waals surface area contributed by atoms with Crippen LogP contribution in [0.2, 0.25) is 0 Å². The van der Waals surface area contributed by atoms with Gasteiger partial charge in [-0.15, -0.1) is 0 Å². The SMILES string of the molecule is CCCN(C)S(=O)(=O)c1cc(CNCC)ccc1OC. The summed E-state index contributed by atoms with van der Waals surface area (Å²) in [5.41, 5.74) is 0.927. The molecular weight excluding hydrogens is 276 g/mol. The molecule has 0 aliphatic carbocycles. The van der Waals surface area contributed by atoms with Crippen molar-refractivity contribution in [2.75, 3.05) is 27.2 Å². The quantitative estimate of drug-likeness (QED) is 0.796. The van der Waals surface area contributed by atoms with Crippen LogP contribution in [0.15, 0.2) is 23.1 Å². The van der Waals surface area contributed by atoms with Crippen molar-refractivity contribution >= 4 is 10.0 Å². The van der Waals surface area contributed by atoms with E-state index in [1.54, 1.807) is 19.2 Å². The van der Waals surface area contributed by atoms with Crippen LogP contribution in [0.5, 0.6) is 5.75 Å². The topological polar surface area (TPSA) is 58.6 Å². The molecule has 0 spiro atoms. The fourth-order valence-corrected chi connectivity index (χ4v) is 3.37. The standard InChI is InChI=1S/C14H24N2O3S/c1-5-9-16(3)20(17,18)14-10-12(11-15-6-2)7-8-13(14)19-4/h7-8,10,15H,5-6,9,11H2,1-4H3. The van der Waals surface area contributed by atoms with Crippen LogP contribution in [0, 0.1) is 0 Å². The highest BCUT2D eigenvalue weighted by molar-refractivity contribution is 7.89. The third-order valence-electron chi connectivity index (χ3n) is 3.03. The highest BCUT2D eigenvalue weighted by atomic mass is 32.2. The maximum Gasteiger partial charge on any atom is 0.246 e. The van der Waals surface area contributed by atoms with Gasteiger partial charge in [-0.05, 0) is 30.7 Å². The molecule has 114 valence electrons. The molecule has 0 aliphatic heterocycles. The van der Waals surface area contributed by atoms with E-state index in [-0.39, 0.29) is 4.90 Å². The lowest BCUT2D eigenvalue weighted by Gasteiger charge is -2.19. The molecule has 0 saturated carbocycles. The minimum absolute atomic E-state index is 0.228. The lowest BCUT2D eigenvalue weighted by Crippen LogP contribution is -2.28. The second-order valence-corrected chi connectivity index (χ2v) is 6.61. The molecule has 20 heavy (non-hydrogen) atoms. The van der Waals surface area contributed by atoms with Gasteiger partial charge < -0.3 is 10.1 Å². The van der Waals surface area contributed by atoms with Crippen LogP contribution in [0.1, 0.15) is 25.8 Å². The van der Waals surface area contributed by atoms with Gasteiger partial charge in [0, 0.05) is 20.1 Å². The van der Waals surface area contributed by atoms with E-state index in [1.165, 1.54) is 11.4 Å². The summed E-state index contributed by atoms with van der Waals surface area (Å²) in [6.45, 7) is 5.92. The number of methoxy groups -OCH3 is 1. The van der Waals surface area contributed by atoms with Gasteiger partial charge in [-0.25, -0.2) is 12.7 Å². The first-order valence-corrected chi connectivity index (χ1v) is 8.25. The first-order valence-electron chi connectivity index (χ1n) is 6.81. The van der Waals surface area contributed by atoms with Gasteiger partial charge in [-0.2, -0.15) is 0 Å². The lowest BCUT2D eigenvalue weighted by molar-refractivity contribution is 0.397. The van der Waals surface area contributed by atoms with Gasteiger partial charge in [0.25, 0.3) is 0 Å². The molecule has 0 amide bonds. The van der Waals surface area contributed by atoms with E-state index in [1.807, 2.05) is 19.9 Å². The minimum Gasteiger partial charge on any atom is -0.495 e. The molecular formula is C14H24N2O3S. The van der Waals surface area contributed by atoms with Gasteiger partial charge in [0.05, 0.1) is 7.11 Å². The number of ether oxygens (including phenoxy) is 1. The van der Waals surface area contributed by atoms with Gasteiger partial charge in [-0.3, -0.25) is 0 Å². The van der Waals surface area contributed by atoms with Crippen molar-refractivity contribution < 1.29 is 13.2 Å². The first kappa shape index (κ1) is 16.9. The van der Waals surface area contributed by atoms with Crippen molar-refractivity contribution in [3.8, 4) is 5.75 Å². The summed E-state index contributed by atoms with van der Waals surface area (Å²) in [7, 11) is -0.434. The molecule has 1 aromatic rings. The van der Waals surface area contributed by atoms with Crippen LogP contribution < -0.4 is 10.1 Å². The Kier molecular flexibility index (Phi) is 6.45. The van der Waals surface area contributed by atoms with Gasteiger partial charge in [-0.1, -0.05) is 19.9 Å². The highest BCUT2D eigenvalue weighted by Crippen LogP contribution is 2.27. The molecule has 0 bridgehead atoms. The second-order valence-electron chi connectivity index (χ2n) is 4.59. The van der Waals surface area contributed by atoms with E-state index >= 15 is 0 Å². The smallest absolute Gasteiger partial charge is 0.246 e. The summed E-state index contributed by atoms with van der Waals surface area (Å²) in [5, 5.41) is 3.19. The van der Waals surface area contributed by atoms with E-state index in [0.717, 1.165) is 18.5 Å². The number of hydrogen-bond acceptors (Lipinski definition) is 4. The van der Waals surface area contributed by atoms with Crippen LogP contribution >= 0.6 is 0 Å². The van der Waals surface area contributed by atoms with Crippen molar-refractivity contribution in [1.82, 2.24) is 9.62 Å². The van der Waals surface area contributed by atoms with Crippen LogP contribution in [0.3, 0.4) is 0 Å². The fraction of sp³-hybridized carbons (Fsp3) is 0.571. The molecule has 0 radical (unpaired) electrons. The summed E-state index contributed by atoms with van der Waals surface area (Å²) in [6.07, 6.45) is 0.773. The zero-order valence-electron chi connectivity index (χ0n) is 12.6. The van der Waals surface area contributed by atoms with Gasteiger partial charge >= 0.3 is 0 Å². The number of nitrogens with one attached hydrogen (secondary N) is 1. The second kappa shape index (κ2) is 7.61. The van der Waals surface area contributed by atoms with Gasteiger partial charge in [0.2, 0.25) is 10.0 Å². The minimum atomic E-state index is -3.51. The molecule has 0 heterocycles. The van der Waals surface area contributed by atoms with Crippen LogP contribution in [0.25, 0.3) is 0 Å². The Morgan fingerprint density at radius 2 is 2.00 bits per heavy atom. The Bertz CT molecular complexity index is 529. The number of nitrogens with zero attached hydrogens (tertiary/aromatic N) is 1. The van der Waals surface area contributed by atoms with Crippen molar-refractivity contribution in [1.29, 1.82) is 0 Å². The molecule has 0 aliphatic rings. The normalized spacial score (nSPS) is 11.8. The molecule has 0 fully saturated rings. The summed E-state index contributed by atoms with van der Waals surface area (Å²) < 4.78 is 31.7. The third kappa shape index (κ3) is 3.94. The average molecular weight is 300 g/mol. The summed E-state index contributed by atoms with van der Waals surface area (Å²) in [6, 6.07) is 5.27. The predicted octanol–water partition coefficient (Wildman–Crippen LogP) is 1.84. The molecule has 0 aromatic heterocycles. The molecule has 1 N–H and O–H groups in total.